The van der Waals surface area contributed by atoms with Crippen molar-refractivity contribution in [1.82, 2.24) is 5.16 Å². The van der Waals surface area contributed by atoms with Crippen LogP contribution >= 0.6 is 0 Å². The van der Waals surface area contributed by atoms with E-state index in [-0.39, 0.29) is 5.41 Å². The normalized spacial score (nSPS) is 11.5. The minimum absolute atomic E-state index is 0.137. The van der Waals surface area contributed by atoms with Gasteiger partial charge >= 0.3 is 0 Å². The third kappa shape index (κ3) is 3.65. The van der Waals surface area contributed by atoms with Gasteiger partial charge in [0.15, 0.2) is 17.7 Å². The average molecular weight is 338 g/mol. The minimum atomic E-state index is 0.137. The van der Waals surface area contributed by atoms with E-state index in [0.29, 0.717) is 11.3 Å². The number of carbonyl (C=O) groups is 1. The van der Waals surface area contributed by atoms with Crippen molar-refractivity contribution in [3.05, 3.63) is 42.0 Å². The van der Waals surface area contributed by atoms with E-state index >= 15 is 0 Å². The Kier molecular flexibility index (Phi) is 4.49. The zero-order chi connectivity index (χ0) is 18.0. The molecule has 25 heavy (non-hydrogen) atoms. The van der Waals surface area contributed by atoms with Crippen LogP contribution in [0.25, 0.3) is 22.1 Å². The fourth-order valence-electron chi connectivity index (χ4n) is 2.60. The summed E-state index contributed by atoms with van der Waals surface area (Å²) in [6.45, 7) is 7.26. The SMILES string of the molecule is COc1ccc(-c2ccc3onc(NCC(C)(C)C)c3c2)cc1C=O. The molecule has 0 aliphatic rings. The number of aromatic nitrogens is 1. The van der Waals surface area contributed by atoms with Crippen LogP contribution in [0.2, 0.25) is 0 Å². The first-order valence-electron chi connectivity index (χ1n) is 8.18. The van der Waals surface area contributed by atoms with E-state index in [2.05, 4.69) is 31.2 Å². The monoisotopic (exact) mass is 338 g/mol. The molecule has 0 bridgehead atoms. The molecule has 1 heterocycles. The van der Waals surface area contributed by atoms with Crippen molar-refractivity contribution in [3.63, 3.8) is 0 Å². The van der Waals surface area contributed by atoms with Crippen molar-refractivity contribution in [2.75, 3.05) is 19.0 Å². The molecule has 0 aliphatic heterocycles. The van der Waals surface area contributed by atoms with Gasteiger partial charge in [-0.15, -0.1) is 0 Å². The molecule has 0 fully saturated rings. The number of rotatable bonds is 5. The number of hydrogen-bond acceptors (Lipinski definition) is 5. The highest BCUT2D eigenvalue weighted by atomic mass is 16.5. The predicted molar refractivity (Wildman–Crippen MR) is 99.3 cm³/mol. The highest BCUT2D eigenvalue weighted by Crippen LogP contribution is 2.31. The molecular formula is C20H22N2O3. The topological polar surface area (TPSA) is 64.4 Å². The number of nitrogens with one attached hydrogen (secondary N) is 1. The van der Waals surface area contributed by atoms with E-state index in [1.807, 2.05) is 30.3 Å². The molecule has 1 N–H and O–H groups in total. The lowest BCUT2D eigenvalue weighted by molar-refractivity contribution is 0.112. The van der Waals surface area contributed by atoms with Crippen LogP contribution in [0.5, 0.6) is 5.75 Å². The first-order valence-corrected chi connectivity index (χ1v) is 8.18. The fourth-order valence-corrected chi connectivity index (χ4v) is 2.60. The van der Waals surface area contributed by atoms with E-state index in [0.717, 1.165) is 40.7 Å². The minimum Gasteiger partial charge on any atom is -0.496 e. The summed E-state index contributed by atoms with van der Waals surface area (Å²) in [5.74, 6) is 1.30. The lowest BCUT2D eigenvalue weighted by Crippen LogP contribution is -2.19. The molecule has 0 aliphatic carbocycles. The molecule has 0 spiro atoms. The Balaban J connectivity index is 1.99. The Morgan fingerprint density at radius 1 is 1.16 bits per heavy atom. The molecule has 2 aromatic carbocycles. The number of hydrogen-bond donors (Lipinski definition) is 1. The van der Waals surface area contributed by atoms with E-state index < -0.39 is 0 Å². The predicted octanol–water partition coefficient (Wildman–Crippen LogP) is 4.77. The molecule has 5 nitrogen and oxygen atoms in total. The fraction of sp³-hybridized carbons (Fsp3) is 0.300. The Morgan fingerprint density at radius 3 is 2.56 bits per heavy atom. The van der Waals surface area contributed by atoms with E-state index in [9.17, 15) is 4.79 Å². The van der Waals surface area contributed by atoms with Gasteiger partial charge in [-0.1, -0.05) is 38.1 Å². The second-order valence-corrected chi connectivity index (χ2v) is 7.23. The molecule has 0 atom stereocenters. The maximum Gasteiger partial charge on any atom is 0.177 e. The molecule has 3 rings (SSSR count). The van der Waals surface area contributed by atoms with Crippen LogP contribution in [-0.2, 0) is 0 Å². The van der Waals surface area contributed by atoms with Crippen molar-refractivity contribution in [1.29, 1.82) is 0 Å². The van der Waals surface area contributed by atoms with Crippen molar-refractivity contribution < 1.29 is 14.1 Å². The van der Waals surface area contributed by atoms with Gasteiger partial charge in [0.1, 0.15) is 5.75 Å². The molecule has 3 aromatic rings. The number of fused-ring (bicyclic) bond motifs is 1. The van der Waals surface area contributed by atoms with Crippen molar-refractivity contribution in [2.24, 2.45) is 5.41 Å². The molecule has 0 saturated carbocycles. The summed E-state index contributed by atoms with van der Waals surface area (Å²) in [6, 6.07) is 11.4. The second-order valence-electron chi connectivity index (χ2n) is 7.23. The number of ether oxygens (including phenoxy) is 1. The average Bonchev–Trinajstić information content (AvgIpc) is 3.01. The summed E-state index contributed by atoms with van der Waals surface area (Å²) in [7, 11) is 1.55. The molecule has 0 amide bonds. The summed E-state index contributed by atoms with van der Waals surface area (Å²) < 4.78 is 10.6. The number of carbonyl (C=O) groups excluding carboxylic acids is 1. The van der Waals surface area contributed by atoms with Crippen LogP contribution in [0.4, 0.5) is 5.82 Å². The third-order valence-electron chi connectivity index (χ3n) is 3.95. The largest absolute Gasteiger partial charge is 0.496 e. The molecule has 0 saturated heterocycles. The van der Waals surface area contributed by atoms with Crippen LogP contribution in [0.3, 0.4) is 0 Å². The number of anilines is 1. The lowest BCUT2D eigenvalue weighted by Gasteiger charge is -2.18. The zero-order valence-corrected chi connectivity index (χ0v) is 14.9. The van der Waals surface area contributed by atoms with Gasteiger partial charge in [-0.2, -0.15) is 0 Å². The maximum atomic E-state index is 11.3. The van der Waals surface area contributed by atoms with Crippen molar-refractivity contribution in [3.8, 4) is 16.9 Å². The third-order valence-corrected chi connectivity index (χ3v) is 3.95. The summed E-state index contributed by atoms with van der Waals surface area (Å²) in [5.41, 5.74) is 3.31. The highest BCUT2D eigenvalue weighted by Gasteiger charge is 2.14. The van der Waals surface area contributed by atoms with Crippen LogP contribution in [0.1, 0.15) is 31.1 Å². The molecule has 0 radical (unpaired) electrons. The van der Waals surface area contributed by atoms with Gasteiger partial charge in [-0.25, -0.2) is 0 Å². The summed E-state index contributed by atoms with van der Waals surface area (Å²) in [4.78, 5) is 11.3. The summed E-state index contributed by atoms with van der Waals surface area (Å²) in [5, 5.41) is 8.40. The van der Waals surface area contributed by atoms with Gasteiger partial charge in [0.25, 0.3) is 0 Å². The Bertz CT molecular complexity index is 907. The molecule has 1 aromatic heterocycles. The molecule has 0 unspecified atom stereocenters. The van der Waals surface area contributed by atoms with E-state index in [4.69, 9.17) is 9.26 Å². The first kappa shape index (κ1) is 17.0. The van der Waals surface area contributed by atoms with Crippen LogP contribution in [0, 0.1) is 5.41 Å². The van der Waals surface area contributed by atoms with Crippen LogP contribution in [-0.4, -0.2) is 25.1 Å². The van der Waals surface area contributed by atoms with Gasteiger partial charge in [0.2, 0.25) is 0 Å². The first-order chi connectivity index (χ1) is 11.9. The standard InChI is InChI=1S/C20H22N2O3/c1-20(2,3)12-21-19-16-10-14(6-8-18(16)25-22-19)13-5-7-17(24-4)15(9-13)11-23/h5-11H,12H2,1-4H3,(H,21,22). The highest BCUT2D eigenvalue weighted by molar-refractivity contribution is 5.92. The number of aldehydes is 1. The number of methoxy groups -OCH3 is 1. The Morgan fingerprint density at radius 2 is 1.88 bits per heavy atom. The summed E-state index contributed by atoms with van der Waals surface area (Å²) >= 11 is 0. The lowest BCUT2D eigenvalue weighted by atomic mass is 9.97. The molecule has 5 heteroatoms. The van der Waals surface area contributed by atoms with Crippen molar-refractivity contribution >= 4 is 23.1 Å². The maximum absolute atomic E-state index is 11.3. The van der Waals surface area contributed by atoms with E-state index in [1.165, 1.54) is 0 Å². The van der Waals surface area contributed by atoms with Crippen LogP contribution in [0.15, 0.2) is 40.9 Å². The van der Waals surface area contributed by atoms with Gasteiger partial charge in [-0.05, 0) is 40.8 Å². The van der Waals surface area contributed by atoms with Gasteiger partial charge in [-0.3, -0.25) is 4.79 Å². The second kappa shape index (κ2) is 6.59. The Labute approximate surface area is 147 Å². The Hall–Kier alpha value is -2.82. The van der Waals surface area contributed by atoms with Gasteiger partial charge in [0, 0.05) is 6.54 Å². The summed E-state index contributed by atoms with van der Waals surface area (Å²) in [6.07, 6.45) is 0.802. The van der Waals surface area contributed by atoms with Gasteiger partial charge < -0.3 is 14.6 Å². The number of nitrogens with zero attached hydrogens (tertiary/aromatic N) is 1. The molecular weight excluding hydrogens is 316 g/mol. The van der Waals surface area contributed by atoms with E-state index in [1.54, 1.807) is 13.2 Å². The zero-order valence-electron chi connectivity index (χ0n) is 14.9. The smallest absolute Gasteiger partial charge is 0.177 e. The molecule has 130 valence electrons. The quantitative estimate of drug-likeness (QED) is 0.679. The van der Waals surface area contributed by atoms with Crippen molar-refractivity contribution in [2.45, 2.75) is 20.8 Å². The number of benzene rings is 2. The van der Waals surface area contributed by atoms with Gasteiger partial charge in [0.05, 0.1) is 18.1 Å². The van der Waals surface area contributed by atoms with Crippen LogP contribution < -0.4 is 10.1 Å².